The summed E-state index contributed by atoms with van der Waals surface area (Å²) < 4.78 is 0. The van der Waals surface area contributed by atoms with E-state index in [0.29, 0.717) is 11.8 Å². The Bertz CT molecular complexity index is 336. The zero-order chi connectivity index (χ0) is 10.8. The van der Waals surface area contributed by atoms with Crippen LogP contribution >= 0.6 is 0 Å². The van der Waals surface area contributed by atoms with Crippen LogP contribution in [-0.4, -0.2) is 44.5 Å². The summed E-state index contributed by atoms with van der Waals surface area (Å²) in [7, 11) is 0. The Labute approximate surface area is 88.0 Å². The molecule has 6 heteroatoms. The van der Waals surface area contributed by atoms with Gasteiger partial charge in [-0.2, -0.15) is 5.21 Å². The number of tetrazole rings is 1. The van der Waals surface area contributed by atoms with E-state index in [1.54, 1.807) is 4.90 Å². The summed E-state index contributed by atoms with van der Waals surface area (Å²) in [5.74, 6) is 1.26. The molecule has 15 heavy (non-hydrogen) atoms. The number of nitrogens with one attached hydrogen (secondary N) is 1. The molecule has 1 saturated heterocycles. The van der Waals surface area contributed by atoms with Crippen LogP contribution in [0.25, 0.3) is 0 Å². The molecule has 0 aromatic carbocycles. The largest absolute Gasteiger partial charge is 0.336 e. The van der Waals surface area contributed by atoms with Gasteiger partial charge in [0.05, 0.1) is 0 Å². The normalized spacial score (nSPS) is 26.7. The van der Waals surface area contributed by atoms with Crippen molar-refractivity contribution in [3.63, 3.8) is 0 Å². The fraction of sp³-hybridized carbons (Fsp3) is 0.778. The fourth-order valence-corrected chi connectivity index (χ4v) is 1.84. The summed E-state index contributed by atoms with van der Waals surface area (Å²) in [6.07, 6.45) is 1.05. The maximum absolute atomic E-state index is 11.9. The number of hydrogen-bond donors (Lipinski definition) is 1. The highest BCUT2D eigenvalue weighted by Gasteiger charge is 2.28. The molecule has 0 spiro atoms. The number of likely N-dealkylation sites (tertiary alicyclic amines) is 1. The van der Waals surface area contributed by atoms with Crippen molar-refractivity contribution in [3.05, 3.63) is 5.82 Å². The van der Waals surface area contributed by atoms with Gasteiger partial charge < -0.3 is 4.90 Å². The zero-order valence-electron chi connectivity index (χ0n) is 8.97. The van der Waals surface area contributed by atoms with Gasteiger partial charge in [-0.15, -0.1) is 10.2 Å². The van der Waals surface area contributed by atoms with Gasteiger partial charge in [0, 0.05) is 13.1 Å². The highest BCUT2D eigenvalue weighted by Crippen LogP contribution is 2.22. The van der Waals surface area contributed by atoms with Crippen molar-refractivity contribution in [2.45, 2.75) is 20.3 Å². The van der Waals surface area contributed by atoms with Crippen molar-refractivity contribution >= 4 is 5.91 Å². The molecule has 1 N–H and O–H groups in total. The van der Waals surface area contributed by atoms with E-state index in [-0.39, 0.29) is 11.7 Å². The SMILES string of the molecule is CC1CCN(C(=O)c2nn[nH]n2)CC1C. The van der Waals surface area contributed by atoms with E-state index in [1.807, 2.05) is 0 Å². The zero-order valence-corrected chi connectivity index (χ0v) is 8.97. The van der Waals surface area contributed by atoms with Gasteiger partial charge in [-0.3, -0.25) is 4.79 Å². The van der Waals surface area contributed by atoms with E-state index in [4.69, 9.17) is 0 Å². The third-order valence-electron chi connectivity index (χ3n) is 3.16. The number of piperidine rings is 1. The molecule has 1 aromatic heterocycles. The minimum Gasteiger partial charge on any atom is -0.336 e. The van der Waals surface area contributed by atoms with Crippen molar-refractivity contribution in [2.75, 3.05) is 13.1 Å². The molecule has 2 heterocycles. The van der Waals surface area contributed by atoms with Gasteiger partial charge in [-0.1, -0.05) is 13.8 Å². The molecular weight excluding hydrogens is 194 g/mol. The van der Waals surface area contributed by atoms with Crippen LogP contribution in [0.2, 0.25) is 0 Å². The second kappa shape index (κ2) is 3.96. The summed E-state index contributed by atoms with van der Waals surface area (Å²) in [6, 6.07) is 0. The number of amides is 1. The van der Waals surface area contributed by atoms with Gasteiger partial charge in [0.25, 0.3) is 11.7 Å². The molecule has 1 aromatic rings. The van der Waals surface area contributed by atoms with Crippen LogP contribution in [-0.2, 0) is 0 Å². The van der Waals surface area contributed by atoms with E-state index in [9.17, 15) is 4.79 Å². The molecule has 1 aliphatic heterocycles. The van der Waals surface area contributed by atoms with Crippen LogP contribution in [0.1, 0.15) is 30.9 Å². The standard InChI is InChI=1S/C9H15N5O/c1-6-3-4-14(5-7(6)2)9(15)8-10-12-13-11-8/h6-7H,3-5H2,1-2H3,(H,10,11,12,13). The summed E-state index contributed by atoms with van der Waals surface area (Å²) >= 11 is 0. The smallest absolute Gasteiger partial charge is 0.295 e. The molecule has 1 aliphatic rings. The first-order valence-electron chi connectivity index (χ1n) is 5.21. The second-order valence-electron chi connectivity index (χ2n) is 4.23. The Balaban J connectivity index is 2.03. The van der Waals surface area contributed by atoms with Crippen molar-refractivity contribution in [1.29, 1.82) is 0 Å². The van der Waals surface area contributed by atoms with Crippen LogP contribution in [0.3, 0.4) is 0 Å². The van der Waals surface area contributed by atoms with E-state index in [0.717, 1.165) is 19.5 Å². The highest BCUT2D eigenvalue weighted by atomic mass is 16.2. The lowest BCUT2D eigenvalue weighted by Gasteiger charge is -2.34. The van der Waals surface area contributed by atoms with Crippen molar-refractivity contribution in [2.24, 2.45) is 11.8 Å². The average molecular weight is 209 g/mol. The number of hydrogen-bond acceptors (Lipinski definition) is 4. The van der Waals surface area contributed by atoms with Crippen LogP contribution in [0, 0.1) is 11.8 Å². The molecule has 6 nitrogen and oxygen atoms in total. The van der Waals surface area contributed by atoms with Crippen molar-refractivity contribution in [1.82, 2.24) is 25.5 Å². The molecule has 0 radical (unpaired) electrons. The predicted molar refractivity (Wildman–Crippen MR) is 53.0 cm³/mol. The number of rotatable bonds is 1. The lowest BCUT2D eigenvalue weighted by Crippen LogP contribution is -2.42. The van der Waals surface area contributed by atoms with Crippen molar-refractivity contribution < 1.29 is 4.79 Å². The Hall–Kier alpha value is -1.46. The van der Waals surface area contributed by atoms with Gasteiger partial charge in [-0.05, 0) is 23.5 Å². The molecule has 0 bridgehead atoms. The fourth-order valence-electron chi connectivity index (χ4n) is 1.84. The molecule has 2 rings (SSSR count). The maximum Gasteiger partial charge on any atom is 0.295 e. The van der Waals surface area contributed by atoms with E-state index in [1.165, 1.54) is 0 Å². The van der Waals surface area contributed by atoms with Gasteiger partial charge in [0.15, 0.2) is 0 Å². The monoisotopic (exact) mass is 209 g/mol. The molecule has 0 aliphatic carbocycles. The minimum atomic E-state index is -0.123. The highest BCUT2D eigenvalue weighted by molar-refractivity contribution is 5.90. The predicted octanol–water partition coefficient (Wildman–Crippen LogP) is 0.318. The topological polar surface area (TPSA) is 74.8 Å². The maximum atomic E-state index is 11.9. The number of carbonyl (C=O) groups is 1. The molecule has 0 saturated carbocycles. The molecule has 1 fully saturated rings. The van der Waals surface area contributed by atoms with Gasteiger partial charge >= 0.3 is 0 Å². The van der Waals surface area contributed by atoms with Crippen LogP contribution in [0.4, 0.5) is 0 Å². The number of carbonyl (C=O) groups excluding carboxylic acids is 1. The first-order valence-corrected chi connectivity index (χ1v) is 5.21. The molecule has 1 amide bonds. The first kappa shape index (κ1) is 10.1. The van der Waals surface area contributed by atoms with Gasteiger partial charge in [-0.25, -0.2) is 0 Å². The average Bonchev–Trinajstić information content (AvgIpc) is 2.74. The number of nitrogens with zero attached hydrogens (tertiary/aromatic N) is 4. The van der Waals surface area contributed by atoms with Crippen LogP contribution in [0.5, 0.6) is 0 Å². The number of H-pyrrole nitrogens is 1. The van der Waals surface area contributed by atoms with E-state index in [2.05, 4.69) is 34.5 Å². The van der Waals surface area contributed by atoms with Crippen LogP contribution in [0.15, 0.2) is 0 Å². The molecule has 82 valence electrons. The summed E-state index contributed by atoms with van der Waals surface area (Å²) in [5.41, 5.74) is 0. The Morgan fingerprint density at radius 2 is 2.27 bits per heavy atom. The van der Waals surface area contributed by atoms with E-state index < -0.39 is 0 Å². The number of aromatic nitrogens is 4. The summed E-state index contributed by atoms with van der Waals surface area (Å²) in [5, 5.41) is 13.1. The number of aromatic amines is 1. The first-order chi connectivity index (χ1) is 7.18. The lowest BCUT2D eigenvalue weighted by atomic mass is 9.89. The van der Waals surface area contributed by atoms with E-state index >= 15 is 0 Å². The molecule has 2 atom stereocenters. The van der Waals surface area contributed by atoms with Gasteiger partial charge in [0.2, 0.25) is 0 Å². The molecular formula is C9H15N5O. The lowest BCUT2D eigenvalue weighted by molar-refractivity contribution is 0.0615. The Morgan fingerprint density at radius 3 is 2.87 bits per heavy atom. The molecule has 2 unspecified atom stereocenters. The summed E-state index contributed by atoms with van der Waals surface area (Å²) in [6.45, 7) is 5.97. The van der Waals surface area contributed by atoms with Crippen molar-refractivity contribution in [3.8, 4) is 0 Å². The Kier molecular flexibility index (Phi) is 2.66. The van der Waals surface area contributed by atoms with Crippen LogP contribution < -0.4 is 0 Å². The third-order valence-corrected chi connectivity index (χ3v) is 3.16. The Morgan fingerprint density at radius 1 is 1.47 bits per heavy atom. The summed E-state index contributed by atoms with van der Waals surface area (Å²) in [4.78, 5) is 13.7. The minimum absolute atomic E-state index is 0.123. The quantitative estimate of drug-likeness (QED) is 0.722. The third kappa shape index (κ3) is 1.98. The van der Waals surface area contributed by atoms with Gasteiger partial charge in [0.1, 0.15) is 0 Å². The second-order valence-corrected chi connectivity index (χ2v) is 4.23.